The summed E-state index contributed by atoms with van der Waals surface area (Å²) in [6.07, 6.45) is 38.2. The lowest BCUT2D eigenvalue weighted by Crippen LogP contribution is -2.05. The summed E-state index contributed by atoms with van der Waals surface area (Å²) in [5.41, 5.74) is 3.85. The van der Waals surface area contributed by atoms with Crippen LogP contribution in [0.25, 0.3) is 31.9 Å². The SMILES string of the molecule is CCCCCCCCCC(CCCCCCC)Cc1cc(-c2c(F)c(F)c(-c3cc(CC(CCCCCCC)CCCCCCCCC)c(Br)s3)c3nsnc23)sc1Br. The number of thiophene rings is 2. The molecule has 1 aromatic carbocycles. The zero-order valence-electron chi connectivity index (χ0n) is 37.2. The van der Waals surface area contributed by atoms with Gasteiger partial charge in [-0.3, -0.25) is 0 Å². The van der Waals surface area contributed by atoms with E-state index in [0.29, 0.717) is 22.9 Å². The predicted octanol–water partition coefficient (Wildman–Crippen LogP) is 20.3. The van der Waals surface area contributed by atoms with Crippen LogP contribution in [-0.2, 0) is 12.8 Å². The molecule has 0 saturated carbocycles. The Hall–Kier alpha value is -0.740. The van der Waals surface area contributed by atoms with E-state index in [0.717, 1.165) is 41.9 Å². The molecule has 4 aromatic rings. The molecule has 0 bridgehead atoms. The van der Waals surface area contributed by atoms with E-state index < -0.39 is 11.6 Å². The van der Waals surface area contributed by atoms with E-state index in [1.807, 2.05) is 0 Å². The van der Waals surface area contributed by atoms with Crippen LogP contribution in [-0.4, -0.2) is 8.75 Å². The molecule has 0 saturated heterocycles. The largest absolute Gasteiger partial charge is 0.203 e. The molecule has 0 spiro atoms. The molecule has 2 unspecified atom stereocenters. The van der Waals surface area contributed by atoms with Gasteiger partial charge in [0.1, 0.15) is 11.0 Å². The second-order valence-corrected chi connectivity index (χ2v) is 22.8. The van der Waals surface area contributed by atoms with E-state index >= 15 is 8.78 Å². The van der Waals surface area contributed by atoms with Crippen molar-refractivity contribution in [2.75, 3.05) is 0 Å². The van der Waals surface area contributed by atoms with Gasteiger partial charge in [-0.2, -0.15) is 8.75 Å². The third kappa shape index (κ3) is 17.1. The number of halogens is 4. The second-order valence-electron chi connectivity index (χ2n) is 17.5. The highest BCUT2D eigenvalue weighted by Crippen LogP contribution is 2.47. The summed E-state index contributed by atoms with van der Waals surface area (Å²) < 4.78 is 44.5. The van der Waals surface area contributed by atoms with Crippen molar-refractivity contribution in [3.05, 3.63) is 42.5 Å². The van der Waals surface area contributed by atoms with Gasteiger partial charge in [0, 0.05) is 9.75 Å². The van der Waals surface area contributed by atoms with E-state index in [4.69, 9.17) is 0 Å². The number of fused-ring (bicyclic) bond motifs is 1. The summed E-state index contributed by atoms with van der Waals surface area (Å²) >= 11 is 11.8. The first kappa shape index (κ1) is 50.9. The maximum atomic E-state index is 16.6. The number of nitrogens with zero attached hydrogens (tertiary/aromatic N) is 2. The Balaban J connectivity index is 1.52. The molecule has 4 rings (SSSR count). The van der Waals surface area contributed by atoms with Gasteiger partial charge in [0.25, 0.3) is 0 Å². The van der Waals surface area contributed by atoms with Crippen LogP contribution >= 0.6 is 66.3 Å². The fraction of sp³-hybridized carbons (Fsp3) is 0.720. The van der Waals surface area contributed by atoms with E-state index in [-0.39, 0.29) is 11.1 Å². The quantitative estimate of drug-likeness (QED) is 0.0436. The Bertz CT molecular complexity index is 1610. The molecule has 0 fully saturated rings. The number of hydrogen-bond acceptors (Lipinski definition) is 5. The first-order valence-electron chi connectivity index (χ1n) is 24.0. The van der Waals surface area contributed by atoms with Crippen molar-refractivity contribution in [3.63, 3.8) is 0 Å². The fourth-order valence-corrected chi connectivity index (χ4v) is 13.0. The summed E-state index contributed by atoms with van der Waals surface area (Å²) in [5.74, 6) is -0.436. The van der Waals surface area contributed by atoms with Crippen LogP contribution in [0.5, 0.6) is 0 Å². The smallest absolute Gasteiger partial charge is 0.170 e. The molecule has 59 heavy (non-hydrogen) atoms. The fourth-order valence-electron chi connectivity index (χ4n) is 8.90. The second kappa shape index (κ2) is 29.6. The molecule has 0 aliphatic carbocycles. The third-order valence-corrected chi connectivity index (χ3v) is 17.0. The summed E-state index contributed by atoms with van der Waals surface area (Å²) in [6.45, 7) is 9.10. The number of aromatic nitrogens is 2. The Morgan fingerprint density at radius 1 is 0.458 bits per heavy atom. The van der Waals surface area contributed by atoms with E-state index in [1.54, 1.807) is 0 Å². The van der Waals surface area contributed by atoms with Crippen LogP contribution in [0.1, 0.15) is 219 Å². The van der Waals surface area contributed by atoms with Gasteiger partial charge >= 0.3 is 0 Å². The highest BCUT2D eigenvalue weighted by atomic mass is 79.9. The number of rotatable bonds is 34. The third-order valence-electron chi connectivity index (χ3n) is 12.5. The first-order valence-corrected chi connectivity index (χ1v) is 28.0. The topological polar surface area (TPSA) is 25.8 Å². The number of benzene rings is 1. The molecule has 3 heterocycles. The summed E-state index contributed by atoms with van der Waals surface area (Å²) in [4.78, 5) is 1.45. The average Bonchev–Trinajstić information content (AvgIpc) is 3.95. The Morgan fingerprint density at radius 3 is 1.05 bits per heavy atom. The maximum absolute atomic E-state index is 16.6. The Morgan fingerprint density at radius 2 is 0.746 bits per heavy atom. The van der Waals surface area contributed by atoms with Crippen molar-refractivity contribution >= 4 is 77.3 Å². The molecule has 0 N–H and O–H groups in total. The zero-order valence-corrected chi connectivity index (χ0v) is 42.8. The number of unbranched alkanes of at least 4 members (excludes halogenated alkanes) is 20. The molecule has 2 atom stereocenters. The minimum atomic E-state index is -0.814. The predicted molar refractivity (Wildman–Crippen MR) is 266 cm³/mol. The van der Waals surface area contributed by atoms with Gasteiger partial charge in [-0.1, -0.05) is 207 Å². The molecule has 3 aromatic heterocycles. The van der Waals surface area contributed by atoms with Gasteiger partial charge in [-0.15, -0.1) is 22.7 Å². The zero-order chi connectivity index (χ0) is 42.2. The van der Waals surface area contributed by atoms with Crippen LogP contribution in [0.2, 0.25) is 0 Å². The molecule has 332 valence electrons. The lowest BCUT2D eigenvalue weighted by atomic mass is 9.89. The molecule has 0 radical (unpaired) electrons. The molecule has 0 amide bonds. The highest BCUT2D eigenvalue weighted by Gasteiger charge is 2.28. The molecular weight excluding hydrogens is 923 g/mol. The Labute approximate surface area is 387 Å². The first-order chi connectivity index (χ1) is 28.8. The van der Waals surface area contributed by atoms with E-state index in [1.165, 1.54) is 214 Å². The summed E-state index contributed by atoms with van der Waals surface area (Å²) in [7, 11) is 0. The van der Waals surface area contributed by atoms with Gasteiger partial charge in [0.05, 0.1) is 30.4 Å². The van der Waals surface area contributed by atoms with Crippen molar-refractivity contribution in [1.29, 1.82) is 0 Å². The monoisotopic (exact) mass is 996 g/mol. The van der Waals surface area contributed by atoms with Crippen molar-refractivity contribution in [2.45, 2.75) is 220 Å². The van der Waals surface area contributed by atoms with Crippen LogP contribution in [0, 0.1) is 23.5 Å². The van der Waals surface area contributed by atoms with Gasteiger partial charge in [-0.25, -0.2) is 8.78 Å². The van der Waals surface area contributed by atoms with Crippen molar-refractivity contribution in [3.8, 4) is 20.9 Å². The molecule has 0 aliphatic rings. The van der Waals surface area contributed by atoms with Gasteiger partial charge in [0.2, 0.25) is 0 Å². The lowest BCUT2D eigenvalue weighted by molar-refractivity contribution is 0.401. The lowest BCUT2D eigenvalue weighted by Gasteiger charge is -2.17. The molecule has 9 heteroatoms. The van der Waals surface area contributed by atoms with Crippen LogP contribution in [0.3, 0.4) is 0 Å². The van der Waals surface area contributed by atoms with Gasteiger partial charge < -0.3 is 0 Å². The molecule has 2 nitrogen and oxygen atoms in total. The standard InChI is InChI=1S/C50H76Br2F2N2S3/c1-5-9-13-17-19-23-27-31-37(29-25-21-15-11-7-3)33-39-35-41(57-49(39)51)43-45(53)46(54)44(48-47(43)55-59-56-48)42-36-40(50(52)58-42)34-38(30-26-22-16-12-8-4)32-28-24-20-18-14-10-6-2/h35-38H,5-34H2,1-4H3. The maximum Gasteiger partial charge on any atom is 0.170 e. The molecule has 0 aliphatic heterocycles. The highest BCUT2D eigenvalue weighted by molar-refractivity contribution is 9.11. The number of hydrogen-bond donors (Lipinski definition) is 0. The van der Waals surface area contributed by atoms with Gasteiger partial charge in [0.15, 0.2) is 11.6 Å². The molecular formula is C50H76Br2F2N2S3. The Kier molecular flexibility index (Phi) is 25.5. The van der Waals surface area contributed by atoms with Crippen LogP contribution in [0.4, 0.5) is 8.78 Å². The van der Waals surface area contributed by atoms with Crippen molar-refractivity contribution in [2.24, 2.45) is 11.8 Å². The van der Waals surface area contributed by atoms with E-state index in [2.05, 4.69) is 80.4 Å². The minimum Gasteiger partial charge on any atom is -0.203 e. The summed E-state index contributed by atoms with van der Waals surface area (Å²) in [5, 5.41) is 0. The summed E-state index contributed by atoms with van der Waals surface area (Å²) in [6, 6.07) is 4.21. The van der Waals surface area contributed by atoms with Crippen LogP contribution < -0.4 is 0 Å². The van der Waals surface area contributed by atoms with Crippen LogP contribution in [0.15, 0.2) is 19.7 Å². The average molecular weight is 999 g/mol. The normalized spacial score (nSPS) is 12.9. The minimum absolute atomic E-state index is 0.254. The van der Waals surface area contributed by atoms with Crippen molar-refractivity contribution in [1.82, 2.24) is 8.75 Å². The van der Waals surface area contributed by atoms with E-state index in [9.17, 15) is 0 Å². The van der Waals surface area contributed by atoms with Crippen molar-refractivity contribution < 1.29 is 8.78 Å². The van der Waals surface area contributed by atoms with Gasteiger partial charge in [-0.05, 0) is 79.8 Å².